The van der Waals surface area contributed by atoms with E-state index in [1.54, 1.807) is 6.92 Å². The molecule has 1 aliphatic rings. The molecule has 1 aliphatic carbocycles. The van der Waals surface area contributed by atoms with Crippen LogP contribution in [0.15, 0.2) is 12.3 Å². The van der Waals surface area contributed by atoms with Crippen LogP contribution in [0.25, 0.3) is 0 Å². The molecule has 1 heterocycles. The summed E-state index contributed by atoms with van der Waals surface area (Å²) < 4.78 is 12.4. The van der Waals surface area contributed by atoms with Crippen molar-refractivity contribution in [3.05, 3.63) is 18.0 Å². The molecule has 0 amide bonds. The van der Waals surface area contributed by atoms with Gasteiger partial charge in [0.15, 0.2) is 6.29 Å². The standard InChI is InChI=1S/C15H26N2O3/c1-15(18,14(19-2)20-3)11-12-9-10-17(16-12)13-7-5-4-6-8-13/h9-10,13-14,18H,4-8,11H2,1-3H3. The average molecular weight is 282 g/mol. The molecule has 0 aliphatic heterocycles. The molecule has 2 rings (SSSR count). The first-order valence-electron chi connectivity index (χ1n) is 7.39. The molecule has 1 aromatic heterocycles. The van der Waals surface area contributed by atoms with E-state index >= 15 is 0 Å². The molecule has 1 aromatic rings. The van der Waals surface area contributed by atoms with E-state index < -0.39 is 11.9 Å². The van der Waals surface area contributed by atoms with Crippen molar-refractivity contribution in [1.82, 2.24) is 9.78 Å². The predicted molar refractivity (Wildman–Crippen MR) is 76.5 cm³/mol. The molecule has 114 valence electrons. The lowest BCUT2D eigenvalue weighted by Crippen LogP contribution is -2.43. The third kappa shape index (κ3) is 3.59. The fraction of sp³-hybridized carbons (Fsp3) is 0.800. The number of nitrogens with zero attached hydrogens (tertiary/aromatic N) is 2. The van der Waals surface area contributed by atoms with Gasteiger partial charge >= 0.3 is 0 Å². The summed E-state index contributed by atoms with van der Waals surface area (Å²) in [6.07, 6.45) is 8.10. The Bertz CT molecular complexity index is 407. The predicted octanol–water partition coefficient (Wildman–Crippen LogP) is 2.30. The van der Waals surface area contributed by atoms with Crippen LogP contribution in [0.5, 0.6) is 0 Å². The topological polar surface area (TPSA) is 56.5 Å². The van der Waals surface area contributed by atoms with Gasteiger partial charge in [0.05, 0.1) is 11.7 Å². The average Bonchev–Trinajstić information content (AvgIpc) is 2.88. The normalized spacial score (nSPS) is 20.2. The van der Waals surface area contributed by atoms with Crippen molar-refractivity contribution < 1.29 is 14.6 Å². The molecule has 0 spiro atoms. The first-order valence-corrected chi connectivity index (χ1v) is 7.39. The van der Waals surface area contributed by atoms with E-state index in [0.717, 1.165) is 5.69 Å². The first kappa shape index (κ1) is 15.5. The SMILES string of the molecule is COC(OC)C(C)(O)Cc1ccn(C2CCCCC2)n1. The Labute approximate surface area is 120 Å². The highest BCUT2D eigenvalue weighted by Gasteiger charge is 2.33. The number of aromatic nitrogens is 2. The monoisotopic (exact) mass is 282 g/mol. The molecule has 5 heteroatoms. The Hall–Kier alpha value is -0.910. The molecule has 1 N–H and O–H groups in total. The van der Waals surface area contributed by atoms with E-state index in [1.165, 1.54) is 46.3 Å². The van der Waals surface area contributed by atoms with Crippen LogP contribution in [0.1, 0.15) is 50.8 Å². The molecule has 1 atom stereocenters. The zero-order valence-electron chi connectivity index (χ0n) is 12.7. The van der Waals surface area contributed by atoms with Gasteiger partial charge in [-0.05, 0) is 25.8 Å². The third-order valence-corrected chi connectivity index (χ3v) is 4.09. The molecule has 20 heavy (non-hydrogen) atoms. The molecule has 1 fully saturated rings. The molecule has 1 unspecified atom stereocenters. The number of aliphatic hydroxyl groups is 1. The fourth-order valence-electron chi connectivity index (χ4n) is 3.07. The highest BCUT2D eigenvalue weighted by Crippen LogP contribution is 2.28. The van der Waals surface area contributed by atoms with Crippen LogP contribution in [0, 0.1) is 0 Å². The maximum absolute atomic E-state index is 10.4. The van der Waals surface area contributed by atoms with E-state index in [1.807, 2.05) is 12.3 Å². The summed E-state index contributed by atoms with van der Waals surface area (Å²) in [5.41, 5.74) is -0.213. The summed E-state index contributed by atoms with van der Waals surface area (Å²) in [4.78, 5) is 0. The minimum Gasteiger partial charge on any atom is -0.384 e. The van der Waals surface area contributed by atoms with Crippen molar-refractivity contribution in [3.63, 3.8) is 0 Å². The largest absolute Gasteiger partial charge is 0.384 e. The Morgan fingerprint density at radius 2 is 2.00 bits per heavy atom. The smallest absolute Gasteiger partial charge is 0.185 e. The van der Waals surface area contributed by atoms with Gasteiger partial charge in [-0.3, -0.25) is 4.68 Å². The second kappa shape index (κ2) is 6.70. The van der Waals surface area contributed by atoms with Gasteiger partial charge in [-0.15, -0.1) is 0 Å². The Morgan fingerprint density at radius 1 is 1.35 bits per heavy atom. The highest BCUT2D eigenvalue weighted by molar-refractivity contribution is 5.05. The van der Waals surface area contributed by atoms with Gasteiger partial charge in [0.1, 0.15) is 5.60 Å². The van der Waals surface area contributed by atoms with E-state index in [2.05, 4.69) is 9.78 Å². The van der Waals surface area contributed by atoms with Crippen molar-refractivity contribution in [3.8, 4) is 0 Å². The zero-order chi connectivity index (χ0) is 14.6. The van der Waals surface area contributed by atoms with Crippen LogP contribution in [0.3, 0.4) is 0 Å². The first-order chi connectivity index (χ1) is 9.56. The maximum Gasteiger partial charge on any atom is 0.185 e. The van der Waals surface area contributed by atoms with Gasteiger partial charge in [0.2, 0.25) is 0 Å². The van der Waals surface area contributed by atoms with Crippen molar-refractivity contribution in [2.45, 2.75) is 63.4 Å². The van der Waals surface area contributed by atoms with Crippen LogP contribution < -0.4 is 0 Å². The van der Waals surface area contributed by atoms with Gasteiger partial charge in [-0.2, -0.15) is 5.10 Å². The van der Waals surface area contributed by atoms with Crippen LogP contribution >= 0.6 is 0 Å². The molecule has 0 saturated heterocycles. The van der Waals surface area contributed by atoms with Crippen molar-refractivity contribution >= 4 is 0 Å². The van der Waals surface area contributed by atoms with Crippen LogP contribution in [-0.4, -0.2) is 41.0 Å². The molecule has 0 bridgehead atoms. The fourth-order valence-corrected chi connectivity index (χ4v) is 3.07. The third-order valence-electron chi connectivity index (χ3n) is 4.09. The summed E-state index contributed by atoms with van der Waals surface area (Å²) >= 11 is 0. The summed E-state index contributed by atoms with van der Waals surface area (Å²) in [6.45, 7) is 1.71. The van der Waals surface area contributed by atoms with Gasteiger partial charge in [0.25, 0.3) is 0 Å². The van der Waals surface area contributed by atoms with Gasteiger partial charge in [0, 0.05) is 26.8 Å². The minimum atomic E-state index is -1.09. The van der Waals surface area contributed by atoms with Gasteiger partial charge in [-0.1, -0.05) is 19.3 Å². The van der Waals surface area contributed by atoms with E-state index in [9.17, 15) is 5.11 Å². The highest BCUT2D eigenvalue weighted by atomic mass is 16.7. The molecule has 0 aromatic carbocycles. The molecule has 5 nitrogen and oxygen atoms in total. The quantitative estimate of drug-likeness (QED) is 0.813. The molecule has 0 radical (unpaired) electrons. The summed E-state index contributed by atoms with van der Waals surface area (Å²) in [6, 6.07) is 2.49. The van der Waals surface area contributed by atoms with Gasteiger partial charge < -0.3 is 14.6 Å². The lowest BCUT2D eigenvalue weighted by atomic mass is 9.96. The van der Waals surface area contributed by atoms with Crippen LogP contribution in [0.4, 0.5) is 0 Å². The Balaban J connectivity index is 2.01. The molecular formula is C15H26N2O3. The number of methoxy groups -OCH3 is 2. The second-order valence-electron chi connectivity index (χ2n) is 5.92. The summed E-state index contributed by atoms with van der Waals surface area (Å²) in [5, 5.41) is 15.1. The maximum atomic E-state index is 10.4. The lowest BCUT2D eigenvalue weighted by Gasteiger charge is -2.29. The van der Waals surface area contributed by atoms with Crippen LogP contribution in [0.2, 0.25) is 0 Å². The number of hydrogen-bond donors (Lipinski definition) is 1. The Morgan fingerprint density at radius 3 is 2.60 bits per heavy atom. The summed E-state index contributed by atoms with van der Waals surface area (Å²) in [7, 11) is 3.06. The van der Waals surface area contributed by atoms with E-state index in [0.29, 0.717) is 12.5 Å². The van der Waals surface area contributed by atoms with E-state index in [-0.39, 0.29) is 0 Å². The molecule has 1 saturated carbocycles. The lowest BCUT2D eigenvalue weighted by molar-refractivity contribution is -0.207. The second-order valence-corrected chi connectivity index (χ2v) is 5.92. The van der Waals surface area contributed by atoms with Crippen molar-refractivity contribution in [2.24, 2.45) is 0 Å². The summed E-state index contributed by atoms with van der Waals surface area (Å²) in [5.74, 6) is 0. The number of ether oxygens (including phenoxy) is 2. The number of hydrogen-bond acceptors (Lipinski definition) is 4. The van der Waals surface area contributed by atoms with Crippen molar-refractivity contribution in [2.75, 3.05) is 14.2 Å². The van der Waals surface area contributed by atoms with E-state index in [4.69, 9.17) is 9.47 Å². The number of rotatable bonds is 6. The Kier molecular flexibility index (Phi) is 5.18. The van der Waals surface area contributed by atoms with Crippen molar-refractivity contribution in [1.29, 1.82) is 0 Å². The zero-order valence-corrected chi connectivity index (χ0v) is 12.7. The molecular weight excluding hydrogens is 256 g/mol. The van der Waals surface area contributed by atoms with Gasteiger partial charge in [-0.25, -0.2) is 0 Å². The minimum absolute atomic E-state index is 0.416. The van der Waals surface area contributed by atoms with Crippen LogP contribution in [-0.2, 0) is 15.9 Å².